The van der Waals surface area contributed by atoms with E-state index in [1.807, 2.05) is 60.8 Å². The number of aryl methyl sites for hydroxylation is 1. The molecule has 0 spiro atoms. The van der Waals surface area contributed by atoms with Gasteiger partial charge in [-0.2, -0.15) is 0 Å². The van der Waals surface area contributed by atoms with E-state index in [9.17, 15) is 9.59 Å². The minimum atomic E-state index is -0.677. The number of ether oxygens (including phenoxy) is 4. The fourth-order valence-corrected chi connectivity index (χ4v) is 5.91. The Morgan fingerprint density at radius 3 is 2.29 bits per heavy atom. The van der Waals surface area contributed by atoms with Gasteiger partial charge < -0.3 is 24.3 Å². The molecule has 6 rings (SSSR count). The predicted molar refractivity (Wildman–Crippen MR) is 199 cm³/mol. The summed E-state index contributed by atoms with van der Waals surface area (Å²) in [4.78, 5) is 40.1. The molecule has 0 atom stereocenters. The summed E-state index contributed by atoms with van der Waals surface area (Å²) in [6.07, 6.45) is 2.65. The zero-order valence-corrected chi connectivity index (χ0v) is 29.7. The topological polar surface area (TPSA) is 134 Å². The third-order valence-corrected chi connectivity index (χ3v) is 8.54. The molecule has 2 N–H and O–H groups in total. The molecule has 3 heterocycles. The molecule has 3 aromatic heterocycles. The molecule has 0 radical (unpaired) electrons. The molecule has 0 bridgehead atoms. The largest absolute Gasteiger partial charge is 0.490 e. The zero-order chi connectivity index (χ0) is 36.0. The molecule has 11 nitrogen and oxygen atoms in total. The van der Waals surface area contributed by atoms with Crippen LogP contribution in [0.25, 0.3) is 32.5 Å². The van der Waals surface area contributed by atoms with Crippen LogP contribution < -0.4 is 24.8 Å². The Bertz CT molecular complexity index is 2150. The monoisotopic (exact) mass is 703 g/mol. The van der Waals surface area contributed by atoms with Crippen LogP contribution in [-0.4, -0.2) is 52.9 Å². The number of hydrogen-bond donors (Lipinski definition) is 2. The van der Waals surface area contributed by atoms with Gasteiger partial charge in [0.25, 0.3) is 5.91 Å². The number of amides is 2. The molecule has 2 amide bonds. The highest BCUT2D eigenvalue weighted by atomic mass is 32.1. The Morgan fingerprint density at radius 1 is 0.804 bits per heavy atom. The molecule has 0 aliphatic rings. The number of rotatable bonds is 11. The molecule has 12 heteroatoms. The normalized spacial score (nSPS) is 11.2. The third-order valence-electron chi connectivity index (χ3n) is 7.62. The van der Waals surface area contributed by atoms with Crippen LogP contribution in [0.15, 0.2) is 96.8 Å². The Balaban J connectivity index is 1.11. The lowest BCUT2D eigenvalue weighted by Gasteiger charge is -2.21. The van der Waals surface area contributed by atoms with Gasteiger partial charge in [-0.25, -0.2) is 19.7 Å². The highest BCUT2D eigenvalue weighted by Crippen LogP contribution is 2.34. The number of hydrogen-bond acceptors (Lipinski definition) is 10. The number of nitrogens with one attached hydrogen (secondary N) is 2. The molecule has 3 aromatic carbocycles. The van der Waals surface area contributed by atoms with Gasteiger partial charge in [0.2, 0.25) is 5.88 Å². The molecular formula is C39H37N5O6S. The Hall–Kier alpha value is -6.01. The number of pyridine rings is 1. The highest BCUT2D eigenvalue weighted by molar-refractivity contribution is 7.13. The average molecular weight is 704 g/mol. The smallest absolute Gasteiger partial charge is 0.412 e. The average Bonchev–Trinajstić information content (AvgIpc) is 3.66. The molecule has 0 unspecified atom stereocenters. The number of carbonyl (C=O) groups is 2. The van der Waals surface area contributed by atoms with Crippen molar-refractivity contribution in [1.29, 1.82) is 0 Å². The van der Waals surface area contributed by atoms with Crippen molar-refractivity contribution in [1.82, 2.24) is 15.0 Å². The summed E-state index contributed by atoms with van der Waals surface area (Å²) in [6, 6.07) is 23.9. The first-order valence-corrected chi connectivity index (χ1v) is 17.0. The number of aromatic nitrogens is 3. The SMILES string of the molecule is COc1ccc(-c2cc(OCCOc3ccc(C(=O)Nc4cc(-c5cccs5)ccc4NC(=O)OC(C)(C)C)cc3)c3ncnc(C)c3c2)cn1. The van der Waals surface area contributed by atoms with Crippen molar-refractivity contribution in [2.24, 2.45) is 0 Å². The zero-order valence-electron chi connectivity index (χ0n) is 28.9. The summed E-state index contributed by atoms with van der Waals surface area (Å²) >= 11 is 1.58. The first-order chi connectivity index (χ1) is 24.6. The van der Waals surface area contributed by atoms with Crippen molar-refractivity contribution in [3.63, 3.8) is 0 Å². The van der Waals surface area contributed by atoms with E-state index >= 15 is 0 Å². The second kappa shape index (κ2) is 15.3. The standard InChI is InChI=1S/C39H37N5O6S/c1-24-30-19-28(27-11-15-35(47-5)40-22-27)21-33(36(30)42-23-41-24)49-17-16-48-29-12-8-25(9-13-29)37(45)43-32-20-26(34-7-6-18-51-34)10-14-31(32)44-38(46)50-39(2,3)4/h6-15,18-23H,16-17H2,1-5H3,(H,43,45)(H,44,46). The Kier molecular flexibility index (Phi) is 10.4. The number of methoxy groups -OCH3 is 1. The maximum atomic E-state index is 13.4. The molecule has 0 aliphatic heterocycles. The van der Waals surface area contributed by atoms with E-state index in [0.717, 1.165) is 32.6 Å². The predicted octanol–water partition coefficient (Wildman–Crippen LogP) is 8.79. The fraction of sp³-hybridized carbons (Fsp3) is 0.205. The molecule has 0 saturated heterocycles. The molecule has 0 aliphatic carbocycles. The van der Waals surface area contributed by atoms with Gasteiger partial charge in [0, 0.05) is 39.3 Å². The Morgan fingerprint density at radius 2 is 1.59 bits per heavy atom. The Labute approximate surface area is 299 Å². The van der Waals surface area contributed by atoms with E-state index in [2.05, 4.69) is 25.6 Å². The van der Waals surface area contributed by atoms with E-state index in [0.29, 0.717) is 39.8 Å². The molecule has 51 heavy (non-hydrogen) atoms. The quantitative estimate of drug-likeness (QED) is 0.127. The summed E-state index contributed by atoms with van der Waals surface area (Å²) in [6.45, 7) is 7.79. The van der Waals surface area contributed by atoms with Gasteiger partial charge in [0.05, 0.1) is 18.5 Å². The second-order valence-corrected chi connectivity index (χ2v) is 13.4. The van der Waals surface area contributed by atoms with Crippen LogP contribution in [-0.2, 0) is 4.74 Å². The third kappa shape index (κ3) is 8.78. The first-order valence-electron chi connectivity index (χ1n) is 16.2. The number of nitrogens with zero attached hydrogens (tertiary/aromatic N) is 3. The first kappa shape index (κ1) is 34.8. The van der Waals surface area contributed by atoms with Gasteiger partial charge in [-0.05, 0) is 105 Å². The van der Waals surface area contributed by atoms with Crippen molar-refractivity contribution in [2.45, 2.75) is 33.3 Å². The second-order valence-electron chi connectivity index (χ2n) is 12.5. The summed E-state index contributed by atoms with van der Waals surface area (Å²) < 4.78 is 22.7. The maximum absolute atomic E-state index is 13.4. The van der Waals surface area contributed by atoms with E-state index < -0.39 is 11.7 Å². The van der Waals surface area contributed by atoms with E-state index in [-0.39, 0.29) is 19.1 Å². The van der Waals surface area contributed by atoms with E-state index in [1.54, 1.807) is 75.7 Å². The number of fused-ring (bicyclic) bond motifs is 1. The van der Waals surface area contributed by atoms with Gasteiger partial charge in [-0.3, -0.25) is 10.1 Å². The molecule has 0 fully saturated rings. The van der Waals surface area contributed by atoms with Crippen LogP contribution in [0.5, 0.6) is 17.4 Å². The van der Waals surface area contributed by atoms with Gasteiger partial charge in [-0.15, -0.1) is 11.3 Å². The summed E-state index contributed by atoms with van der Waals surface area (Å²) in [7, 11) is 1.58. The van der Waals surface area contributed by atoms with Crippen LogP contribution in [0, 0.1) is 6.92 Å². The van der Waals surface area contributed by atoms with Crippen LogP contribution in [0.4, 0.5) is 16.2 Å². The van der Waals surface area contributed by atoms with Gasteiger partial charge in [0.1, 0.15) is 42.2 Å². The summed E-state index contributed by atoms with van der Waals surface area (Å²) in [5.74, 6) is 1.35. The number of benzene rings is 3. The fourth-order valence-electron chi connectivity index (χ4n) is 5.18. The van der Waals surface area contributed by atoms with Crippen molar-refractivity contribution in [3.8, 4) is 38.9 Å². The lowest BCUT2D eigenvalue weighted by molar-refractivity contribution is 0.0635. The number of anilines is 2. The highest BCUT2D eigenvalue weighted by Gasteiger charge is 2.19. The van der Waals surface area contributed by atoms with Gasteiger partial charge >= 0.3 is 6.09 Å². The number of thiophene rings is 1. The lowest BCUT2D eigenvalue weighted by Crippen LogP contribution is -2.27. The molecule has 6 aromatic rings. The van der Waals surface area contributed by atoms with Crippen LogP contribution in [0.3, 0.4) is 0 Å². The van der Waals surface area contributed by atoms with Crippen molar-refractivity contribution in [2.75, 3.05) is 31.0 Å². The lowest BCUT2D eigenvalue weighted by atomic mass is 10.0. The molecule has 260 valence electrons. The number of carbonyl (C=O) groups excluding carboxylic acids is 2. The van der Waals surface area contributed by atoms with E-state index in [4.69, 9.17) is 18.9 Å². The van der Waals surface area contributed by atoms with Crippen molar-refractivity contribution < 1.29 is 28.5 Å². The van der Waals surface area contributed by atoms with Crippen molar-refractivity contribution in [3.05, 3.63) is 108 Å². The van der Waals surface area contributed by atoms with Crippen molar-refractivity contribution >= 4 is 45.6 Å². The summed E-state index contributed by atoms with van der Waals surface area (Å²) in [5.41, 5.74) is 4.84. The van der Waals surface area contributed by atoms with Gasteiger partial charge in [0.15, 0.2) is 0 Å². The van der Waals surface area contributed by atoms with Crippen LogP contribution >= 0.6 is 11.3 Å². The van der Waals surface area contributed by atoms with Gasteiger partial charge in [-0.1, -0.05) is 12.1 Å². The van der Waals surface area contributed by atoms with Crippen LogP contribution in [0.2, 0.25) is 0 Å². The maximum Gasteiger partial charge on any atom is 0.412 e. The summed E-state index contributed by atoms with van der Waals surface area (Å²) in [5, 5.41) is 8.55. The molecular weight excluding hydrogens is 667 g/mol. The van der Waals surface area contributed by atoms with E-state index in [1.165, 1.54) is 6.33 Å². The van der Waals surface area contributed by atoms with Crippen LogP contribution in [0.1, 0.15) is 36.8 Å². The molecule has 0 saturated carbocycles. The minimum Gasteiger partial charge on any atom is -0.490 e. The minimum absolute atomic E-state index is 0.249.